The summed E-state index contributed by atoms with van der Waals surface area (Å²) >= 11 is 1.42. The van der Waals surface area contributed by atoms with Crippen LogP contribution in [-0.4, -0.2) is 36.8 Å². The van der Waals surface area contributed by atoms with E-state index in [-0.39, 0.29) is 11.9 Å². The molecule has 1 saturated carbocycles. The van der Waals surface area contributed by atoms with E-state index < -0.39 is 0 Å². The van der Waals surface area contributed by atoms with Crippen molar-refractivity contribution in [2.45, 2.75) is 52.0 Å². The summed E-state index contributed by atoms with van der Waals surface area (Å²) in [6, 6.07) is 5.45. The molecule has 6 nitrogen and oxygen atoms in total. The third kappa shape index (κ3) is 5.08. The highest BCUT2D eigenvalue weighted by molar-refractivity contribution is 7.16. The number of carbonyl (C=O) groups is 2. The standard InChI is InChI=1S/C21H28N2O4S/c1-3-27-20(25)16-9-10-17-18(14-16)28-21(23(17)12-13-26-2)22-19(24)11-8-15-6-4-5-7-15/h9-10,14-15H,3-8,11-13H2,1-2H3. The number of hydrogen-bond donors (Lipinski definition) is 0. The minimum atomic E-state index is -0.340. The molecule has 1 aromatic carbocycles. The van der Waals surface area contributed by atoms with E-state index in [1.54, 1.807) is 20.1 Å². The molecule has 1 heterocycles. The topological polar surface area (TPSA) is 69.9 Å². The maximum absolute atomic E-state index is 12.5. The van der Waals surface area contributed by atoms with Gasteiger partial charge in [-0.15, -0.1) is 0 Å². The van der Waals surface area contributed by atoms with Gasteiger partial charge >= 0.3 is 5.97 Å². The van der Waals surface area contributed by atoms with E-state index >= 15 is 0 Å². The number of thiazole rings is 1. The van der Waals surface area contributed by atoms with Crippen LogP contribution in [0.3, 0.4) is 0 Å². The normalized spacial score (nSPS) is 15.4. The molecule has 152 valence electrons. The zero-order valence-electron chi connectivity index (χ0n) is 16.6. The summed E-state index contributed by atoms with van der Waals surface area (Å²) in [6.07, 6.45) is 6.47. The predicted octanol–water partition coefficient (Wildman–Crippen LogP) is 3.92. The lowest BCUT2D eigenvalue weighted by atomic mass is 10.0. The zero-order chi connectivity index (χ0) is 19.9. The van der Waals surface area contributed by atoms with Crippen LogP contribution < -0.4 is 4.80 Å². The van der Waals surface area contributed by atoms with E-state index in [4.69, 9.17) is 9.47 Å². The fourth-order valence-corrected chi connectivity index (χ4v) is 4.80. The minimum absolute atomic E-state index is 0.0739. The van der Waals surface area contributed by atoms with Gasteiger partial charge in [-0.2, -0.15) is 4.99 Å². The minimum Gasteiger partial charge on any atom is -0.462 e. The molecular weight excluding hydrogens is 376 g/mol. The number of benzene rings is 1. The van der Waals surface area contributed by atoms with Gasteiger partial charge in [0, 0.05) is 20.1 Å². The summed E-state index contributed by atoms with van der Waals surface area (Å²) < 4.78 is 13.2. The molecule has 3 rings (SSSR count). The first-order chi connectivity index (χ1) is 13.6. The summed E-state index contributed by atoms with van der Waals surface area (Å²) in [6.45, 7) is 3.25. The van der Waals surface area contributed by atoms with E-state index in [1.165, 1.54) is 37.0 Å². The number of carbonyl (C=O) groups excluding carboxylic acids is 2. The molecule has 1 amide bonds. The van der Waals surface area contributed by atoms with Gasteiger partial charge in [-0.1, -0.05) is 37.0 Å². The molecule has 7 heteroatoms. The summed E-state index contributed by atoms with van der Waals surface area (Å²) in [7, 11) is 1.65. The van der Waals surface area contributed by atoms with Gasteiger partial charge in [0.2, 0.25) is 5.91 Å². The van der Waals surface area contributed by atoms with E-state index in [1.807, 2.05) is 16.7 Å². The molecule has 0 N–H and O–H groups in total. The number of esters is 1. The van der Waals surface area contributed by atoms with E-state index in [2.05, 4.69) is 4.99 Å². The number of methoxy groups -OCH3 is 1. The average Bonchev–Trinajstić information content (AvgIpc) is 3.32. The van der Waals surface area contributed by atoms with Crippen LogP contribution in [0.4, 0.5) is 0 Å². The second-order valence-corrected chi connectivity index (χ2v) is 8.14. The fraction of sp³-hybridized carbons (Fsp3) is 0.571. The van der Waals surface area contributed by atoms with Crippen molar-refractivity contribution in [3.05, 3.63) is 28.6 Å². The summed E-state index contributed by atoms with van der Waals surface area (Å²) in [5.74, 6) is 0.261. The van der Waals surface area contributed by atoms with Crippen LogP contribution in [0.25, 0.3) is 10.2 Å². The van der Waals surface area contributed by atoms with Crippen molar-refractivity contribution in [3.8, 4) is 0 Å². The molecule has 1 aliphatic carbocycles. The Labute approximate surface area is 169 Å². The maximum Gasteiger partial charge on any atom is 0.338 e. The largest absolute Gasteiger partial charge is 0.462 e. The van der Waals surface area contributed by atoms with E-state index in [0.717, 1.165) is 16.6 Å². The Morgan fingerprint density at radius 3 is 2.79 bits per heavy atom. The quantitative estimate of drug-likeness (QED) is 0.625. The second kappa shape index (κ2) is 9.98. The number of rotatable bonds is 8. The van der Waals surface area contributed by atoms with Crippen molar-refractivity contribution < 1.29 is 19.1 Å². The molecule has 1 aliphatic rings. The van der Waals surface area contributed by atoms with Gasteiger partial charge in [-0.25, -0.2) is 4.79 Å². The van der Waals surface area contributed by atoms with Crippen molar-refractivity contribution in [2.24, 2.45) is 10.9 Å². The van der Waals surface area contributed by atoms with Crippen LogP contribution in [0.15, 0.2) is 23.2 Å². The number of aromatic nitrogens is 1. The number of amides is 1. The lowest BCUT2D eigenvalue weighted by molar-refractivity contribution is -0.118. The smallest absolute Gasteiger partial charge is 0.338 e. The third-order valence-corrected chi connectivity index (χ3v) is 6.22. The van der Waals surface area contributed by atoms with Crippen LogP contribution >= 0.6 is 11.3 Å². The molecule has 28 heavy (non-hydrogen) atoms. The molecule has 0 saturated heterocycles. The number of fused-ring (bicyclic) bond motifs is 1. The highest BCUT2D eigenvalue weighted by atomic mass is 32.1. The Hall–Kier alpha value is -1.99. The summed E-state index contributed by atoms with van der Waals surface area (Å²) in [5, 5.41) is 0. The van der Waals surface area contributed by atoms with Gasteiger partial charge < -0.3 is 14.0 Å². The van der Waals surface area contributed by atoms with Gasteiger partial charge in [0.05, 0.1) is 29.0 Å². The van der Waals surface area contributed by atoms with Crippen LogP contribution in [0.1, 0.15) is 55.8 Å². The molecule has 2 aromatic rings. The molecule has 0 spiro atoms. The van der Waals surface area contributed by atoms with Crippen LogP contribution in [0.5, 0.6) is 0 Å². The SMILES string of the molecule is CCOC(=O)c1ccc2c(c1)sc(=NC(=O)CCC1CCCC1)n2CCOC. The summed E-state index contributed by atoms with van der Waals surface area (Å²) in [4.78, 5) is 29.5. The van der Waals surface area contributed by atoms with Crippen molar-refractivity contribution >= 4 is 33.4 Å². The Kier molecular flexibility index (Phi) is 7.39. The molecule has 0 atom stereocenters. The van der Waals surface area contributed by atoms with E-state index in [9.17, 15) is 9.59 Å². The molecule has 0 unspecified atom stereocenters. The van der Waals surface area contributed by atoms with Crippen molar-refractivity contribution in [3.63, 3.8) is 0 Å². The van der Waals surface area contributed by atoms with Crippen molar-refractivity contribution in [1.82, 2.24) is 4.57 Å². The Balaban J connectivity index is 1.87. The molecule has 0 bridgehead atoms. The first-order valence-corrected chi connectivity index (χ1v) is 10.8. The Morgan fingerprint density at radius 1 is 1.29 bits per heavy atom. The van der Waals surface area contributed by atoms with Crippen LogP contribution in [-0.2, 0) is 20.8 Å². The number of nitrogens with zero attached hydrogens (tertiary/aromatic N) is 2. The van der Waals surface area contributed by atoms with Gasteiger partial charge in [-0.05, 0) is 37.5 Å². The number of hydrogen-bond acceptors (Lipinski definition) is 5. The van der Waals surface area contributed by atoms with Gasteiger partial charge in [0.1, 0.15) is 0 Å². The predicted molar refractivity (Wildman–Crippen MR) is 109 cm³/mol. The molecular formula is C21H28N2O4S. The van der Waals surface area contributed by atoms with Crippen LogP contribution in [0, 0.1) is 5.92 Å². The highest BCUT2D eigenvalue weighted by Crippen LogP contribution is 2.28. The highest BCUT2D eigenvalue weighted by Gasteiger charge is 2.17. The maximum atomic E-state index is 12.5. The molecule has 1 fully saturated rings. The lowest BCUT2D eigenvalue weighted by Gasteiger charge is -2.06. The Morgan fingerprint density at radius 2 is 2.07 bits per heavy atom. The first-order valence-electron chi connectivity index (χ1n) is 9.99. The Bertz CT molecular complexity index is 893. The lowest BCUT2D eigenvalue weighted by Crippen LogP contribution is -2.19. The monoisotopic (exact) mass is 404 g/mol. The van der Waals surface area contributed by atoms with Crippen molar-refractivity contribution in [1.29, 1.82) is 0 Å². The molecule has 0 aliphatic heterocycles. The fourth-order valence-electron chi connectivity index (χ4n) is 3.69. The zero-order valence-corrected chi connectivity index (χ0v) is 17.4. The second-order valence-electron chi connectivity index (χ2n) is 7.13. The van der Waals surface area contributed by atoms with Gasteiger partial charge in [0.25, 0.3) is 0 Å². The van der Waals surface area contributed by atoms with E-state index in [0.29, 0.717) is 42.5 Å². The first kappa shape index (κ1) is 20.7. The average molecular weight is 405 g/mol. The van der Waals surface area contributed by atoms with Crippen molar-refractivity contribution in [2.75, 3.05) is 20.3 Å². The summed E-state index contributed by atoms with van der Waals surface area (Å²) in [5.41, 5.74) is 1.45. The van der Waals surface area contributed by atoms with Crippen LogP contribution in [0.2, 0.25) is 0 Å². The molecule has 1 aromatic heterocycles. The third-order valence-electron chi connectivity index (χ3n) is 5.17. The van der Waals surface area contributed by atoms with Gasteiger partial charge in [0.15, 0.2) is 4.80 Å². The molecule has 0 radical (unpaired) electrons. The number of ether oxygens (including phenoxy) is 2. The van der Waals surface area contributed by atoms with Gasteiger partial charge in [-0.3, -0.25) is 4.79 Å².